The van der Waals surface area contributed by atoms with Crippen molar-refractivity contribution in [3.05, 3.63) is 24.4 Å². The number of carbonyl (C=O) groups is 5. The van der Waals surface area contributed by atoms with Crippen LogP contribution in [0.2, 0.25) is 0 Å². The van der Waals surface area contributed by atoms with Gasteiger partial charge in [-0.2, -0.15) is 4.31 Å². The van der Waals surface area contributed by atoms with Gasteiger partial charge in [-0.1, -0.05) is 80.2 Å². The molecule has 15 heteroatoms. The van der Waals surface area contributed by atoms with Crippen molar-refractivity contribution in [1.29, 1.82) is 0 Å². The maximum Gasteiger partial charge on any atom is 0.315 e. The first-order valence-corrected chi connectivity index (χ1v) is 21.6. The van der Waals surface area contributed by atoms with Crippen molar-refractivity contribution in [2.24, 2.45) is 34.0 Å². The van der Waals surface area contributed by atoms with E-state index in [2.05, 4.69) is 40.1 Å². The van der Waals surface area contributed by atoms with Gasteiger partial charge in [0, 0.05) is 38.9 Å². The summed E-state index contributed by atoms with van der Waals surface area (Å²) < 4.78 is 27.9. The van der Waals surface area contributed by atoms with E-state index in [0.717, 1.165) is 38.5 Å². The lowest BCUT2D eigenvalue weighted by molar-refractivity contribution is -0.146. The SMILES string of the molecule is CCCNC(=O)C(=O)C(NC(=O)C1[C@@H]2[C@H](CN1C(=O)[C@@H](NC(=O)N[C@H](CN(C)S(=O)(=O)c1ccccn1)C(C)(C)C)C1(C)CCCCC1)C2(C)C)C1CCC1. The minimum absolute atomic E-state index is 0.0458. The average molecular weight is 786 g/mol. The zero-order valence-corrected chi connectivity index (χ0v) is 34.8. The van der Waals surface area contributed by atoms with E-state index >= 15 is 0 Å². The maximum absolute atomic E-state index is 15.0. The number of pyridine rings is 1. The zero-order valence-electron chi connectivity index (χ0n) is 33.9. The van der Waals surface area contributed by atoms with Crippen LogP contribution in [0.4, 0.5) is 4.79 Å². The van der Waals surface area contributed by atoms with Gasteiger partial charge in [0.15, 0.2) is 5.03 Å². The molecule has 55 heavy (non-hydrogen) atoms. The van der Waals surface area contributed by atoms with Gasteiger partial charge >= 0.3 is 6.03 Å². The molecule has 0 aromatic carbocycles. The maximum atomic E-state index is 15.0. The minimum Gasteiger partial charge on any atom is -0.349 e. The Bertz CT molecular complexity index is 1700. The lowest BCUT2D eigenvalue weighted by atomic mass is 9.70. The summed E-state index contributed by atoms with van der Waals surface area (Å²) in [6.07, 6.45) is 8.63. The molecule has 0 spiro atoms. The fraction of sp³-hybridized carbons (Fsp3) is 0.750. The first-order chi connectivity index (χ1) is 25.7. The number of likely N-dealkylation sites (N-methyl/N-ethyl adjacent to an activating group) is 1. The molecule has 2 unspecified atom stereocenters. The van der Waals surface area contributed by atoms with Crippen LogP contribution in [0.25, 0.3) is 0 Å². The Morgan fingerprint density at radius 3 is 2.22 bits per heavy atom. The normalized spacial score (nSPS) is 24.7. The molecule has 14 nitrogen and oxygen atoms in total. The number of carbonyl (C=O) groups excluding carboxylic acids is 5. The Hall–Kier alpha value is -3.59. The predicted molar refractivity (Wildman–Crippen MR) is 208 cm³/mol. The van der Waals surface area contributed by atoms with Gasteiger partial charge < -0.3 is 26.2 Å². The molecule has 5 amide bonds. The summed E-state index contributed by atoms with van der Waals surface area (Å²) in [6.45, 7) is 14.4. The summed E-state index contributed by atoms with van der Waals surface area (Å²) in [5.74, 6) is -2.39. The summed E-state index contributed by atoms with van der Waals surface area (Å²) in [4.78, 5) is 75.2. The van der Waals surface area contributed by atoms with Crippen molar-refractivity contribution in [3.63, 3.8) is 0 Å². The molecule has 5 rings (SSSR count). The highest BCUT2D eigenvalue weighted by molar-refractivity contribution is 7.89. The molecule has 6 atom stereocenters. The summed E-state index contributed by atoms with van der Waals surface area (Å²) in [6, 6.07) is 0.593. The number of aromatic nitrogens is 1. The third-order valence-corrected chi connectivity index (χ3v) is 14.8. The number of likely N-dealkylation sites (tertiary alicyclic amines) is 1. The van der Waals surface area contributed by atoms with Gasteiger partial charge in [0.2, 0.25) is 17.6 Å². The molecule has 3 aliphatic carbocycles. The summed E-state index contributed by atoms with van der Waals surface area (Å²) in [5.41, 5.74) is -1.38. The van der Waals surface area contributed by atoms with Crippen molar-refractivity contribution in [2.45, 2.75) is 135 Å². The molecule has 1 aliphatic heterocycles. The number of Topliss-reactive ketones (excluding diaryl/α,β-unsaturated/α-hetero) is 1. The van der Waals surface area contributed by atoms with E-state index in [1.54, 1.807) is 17.0 Å². The van der Waals surface area contributed by atoms with Gasteiger partial charge in [-0.3, -0.25) is 19.2 Å². The Morgan fingerprint density at radius 2 is 1.65 bits per heavy atom. The fourth-order valence-corrected chi connectivity index (χ4v) is 10.0. The van der Waals surface area contributed by atoms with Crippen LogP contribution in [0, 0.1) is 34.0 Å². The molecule has 306 valence electrons. The van der Waals surface area contributed by atoms with E-state index < -0.39 is 68.6 Å². The van der Waals surface area contributed by atoms with E-state index in [4.69, 9.17) is 0 Å². The van der Waals surface area contributed by atoms with E-state index in [0.29, 0.717) is 32.4 Å². The molecule has 4 aliphatic rings. The number of nitrogens with zero attached hydrogens (tertiary/aromatic N) is 3. The van der Waals surface area contributed by atoms with Crippen molar-refractivity contribution < 1.29 is 32.4 Å². The molecule has 1 saturated heterocycles. The molecule has 4 fully saturated rings. The van der Waals surface area contributed by atoms with Crippen LogP contribution in [0.5, 0.6) is 0 Å². The topological polar surface area (TPSA) is 187 Å². The smallest absolute Gasteiger partial charge is 0.315 e. The van der Waals surface area contributed by atoms with Crippen LogP contribution < -0.4 is 21.3 Å². The largest absolute Gasteiger partial charge is 0.349 e. The van der Waals surface area contributed by atoms with Crippen LogP contribution >= 0.6 is 0 Å². The Morgan fingerprint density at radius 1 is 0.982 bits per heavy atom. The van der Waals surface area contributed by atoms with E-state index in [1.807, 2.05) is 34.6 Å². The third kappa shape index (κ3) is 9.03. The van der Waals surface area contributed by atoms with Crippen LogP contribution in [-0.2, 0) is 29.2 Å². The molecular formula is C40H63N7O7S. The average Bonchev–Trinajstić information content (AvgIpc) is 3.41. The van der Waals surface area contributed by atoms with E-state index in [9.17, 15) is 32.4 Å². The zero-order chi connectivity index (χ0) is 40.5. The van der Waals surface area contributed by atoms with Gasteiger partial charge in [0.25, 0.3) is 15.9 Å². The lowest BCUT2D eigenvalue weighted by Crippen LogP contribution is -2.64. The summed E-state index contributed by atoms with van der Waals surface area (Å²) in [7, 11) is -2.50. The van der Waals surface area contributed by atoms with Crippen molar-refractivity contribution in [1.82, 2.24) is 35.5 Å². The standard InChI is InChI=1S/C40H63N7O7S/c1-9-21-42-35(50)32(48)30(25-16-15-17-25)44-34(49)31-29-26(39(29,5)6)23-47(31)36(51)33(40(7)19-12-10-13-20-40)45-37(52)43-27(38(2,3)4)24-46(8)55(53,54)28-18-11-14-22-41-28/h11,14,18,22,25-27,29-31,33H,9-10,12-13,15-17,19-21,23-24H2,1-8H3,(H,42,50)(H,44,49)(H2,43,45,52)/t26-,27+,29-,30?,31?,33+/m0/s1. The monoisotopic (exact) mass is 785 g/mol. The number of ketones is 1. The molecule has 1 aromatic rings. The second-order valence-corrected chi connectivity index (χ2v) is 20.3. The van der Waals surface area contributed by atoms with Gasteiger partial charge in [-0.15, -0.1) is 0 Å². The molecule has 2 heterocycles. The van der Waals surface area contributed by atoms with Crippen LogP contribution in [-0.4, -0.2) is 103 Å². The number of amides is 5. The number of rotatable bonds is 15. The Kier molecular flexibility index (Phi) is 12.8. The summed E-state index contributed by atoms with van der Waals surface area (Å²) in [5, 5.41) is 11.5. The molecule has 4 N–H and O–H groups in total. The third-order valence-electron chi connectivity index (χ3n) is 13.0. The van der Waals surface area contributed by atoms with Gasteiger partial charge in [-0.25, -0.2) is 18.2 Å². The molecule has 3 saturated carbocycles. The number of sulfonamides is 1. The second-order valence-electron chi connectivity index (χ2n) is 18.3. The molecule has 0 radical (unpaired) electrons. The van der Waals surface area contributed by atoms with Gasteiger partial charge in [-0.05, 0) is 78.2 Å². The highest BCUT2D eigenvalue weighted by Gasteiger charge is 2.70. The summed E-state index contributed by atoms with van der Waals surface area (Å²) >= 11 is 0. The van der Waals surface area contributed by atoms with E-state index in [1.165, 1.54) is 23.6 Å². The highest BCUT2D eigenvalue weighted by Crippen LogP contribution is 2.65. The first-order valence-electron chi connectivity index (χ1n) is 20.1. The highest BCUT2D eigenvalue weighted by atomic mass is 32.2. The quantitative estimate of drug-likeness (QED) is 0.194. The van der Waals surface area contributed by atoms with Gasteiger partial charge in [0.1, 0.15) is 18.1 Å². The molecule has 1 aromatic heterocycles. The number of urea groups is 1. The Balaban J connectivity index is 1.38. The van der Waals surface area contributed by atoms with Crippen molar-refractivity contribution in [2.75, 3.05) is 26.7 Å². The van der Waals surface area contributed by atoms with Crippen LogP contribution in [0.1, 0.15) is 106 Å². The number of piperidine rings is 1. The Labute approximate surface area is 327 Å². The predicted octanol–water partition coefficient (Wildman–Crippen LogP) is 3.62. The second kappa shape index (κ2) is 16.5. The van der Waals surface area contributed by atoms with Crippen molar-refractivity contribution >= 4 is 39.6 Å². The van der Waals surface area contributed by atoms with Crippen LogP contribution in [0.3, 0.4) is 0 Å². The van der Waals surface area contributed by atoms with Crippen molar-refractivity contribution in [3.8, 4) is 0 Å². The fourth-order valence-electron chi connectivity index (χ4n) is 8.92. The van der Waals surface area contributed by atoms with Gasteiger partial charge in [0.05, 0.1) is 0 Å². The molecular weight excluding hydrogens is 723 g/mol. The first kappa shape index (κ1) is 42.6. The number of fused-ring (bicyclic) bond motifs is 1. The number of hydrogen-bond acceptors (Lipinski definition) is 8. The lowest BCUT2D eigenvalue weighted by Gasteiger charge is -2.44. The van der Waals surface area contributed by atoms with Crippen LogP contribution in [0.15, 0.2) is 29.4 Å². The van der Waals surface area contributed by atoms with E-state index in [-0.39, 0.29) is 40.6 Å². The number of hydrogen-bond donors (Lipinski definition) is 4. The number of nitrogens with one attached hydrogen (secondary N) is 4. The minimum atomic E-state index is -3.95. The molecule has 0 bridgehead atoms.